The van der Waals surface area contributed by atoms with Crippen LogP contribution >= 0.6 is 0 Å². The van der Waals surface area contributed by atoms with Gasteiger partial charge in [0.15, 0.2) is 0 Å². The Labute approximate surface area is 83.3 Å². The topological polar surface area (TPSA) is 69.8 Å². The van der Waals surface area contributed by atoms with Crippen LogP contribution in [0.1, 0.15) is 25.2 Å². The monoisotopic (exact) mass is 196 g/mol. The number of carbonyl (C=O) groups excluding carboxylic acids is 1. The molecule has 0 unspecified atom stereocenters. The van der Waals surface area contributed by atoms with Crippen molar-refractivity contribution in [2.24, 2.45) is 0 Å². The molecule has 1 aromatic rings. The summed E-state index contributed by atoms with van der Waals surface area (Å²) in [6, 6.07) is -0.0740. The first-order valence-corrected chi connectivity index (χ1v) is 4.59. The number of nitrogens with one attached hydrogen (secondary N) is 3. The highest BCUT2D eigenvalue weighted by atomic mass is 16.2. The van der Waals surface area contributed by atoms with Gasteiger partial charge in [0.1, 0.15) is 0 Å². The van der Waals surface area contributed by atoms with Crippen molar-refractivity contribution in [3.8, 4) is 0 Å². The highest BCUT2D eigenvalue weighted by molar-refractivity contribution is 5.90. The van der Waals surface area contributed by atoms with Crippen LogP contribution in [0.25, 0.3) is 0 Å². The number of hydrogen-bond donors (Lipinski definition) is 3. The molecule has 0 aromatic carbocycles. The predicted octanol–water partition coefficient (Wildman–Crippen LogP) is 1.56. The van der Waals surface area contributed by atoms with Gasteiger partial charge in [-0.1, -0.05) is 0 Å². The molecule has 2 amide bonds. The van der Waals surface area contributed by atoms with Gasteiger partial charge >= 0.3 is 6.03 Å². The fourth-order valence-electron chi connectivity index (χ4n) is 1.15. The number of nitrogens with zero attached hydrogens (tertiary/aromatic N) is 1. The number of H-pyrrole nitrogens is 1. The molecule has 0 radical (unpaired) electrons. The number of anilines is 1. The van der Waals surface area contributed by atoms with Gasteiger partial charge in [0, 0.05) is 6.04 Å². The van der Waals surface area contributed by atoms with Crippen molar-refractivity contribution in [3.63, 3.8) is 0 Å². The standard InChI is InChI=1S/C9H16N4O/c1-5(2)10-9(14)11-8-6(3)12-13-7(8)4/h5H,1-4H3,(H,12,13)(H2,10,11,14). The Balaban J connectivity index is 2.64. The van der Waals surface area contributed by atoms with Gasteiger partial charge in [-0.15, -0.1) is 0 Å². The van der Waals surface area contributed by atoms with Gasteiger partial charge < -0.3 is 10.6 Å². The highest BCUT2D eigenvalue weighted by Crippen LogP contribution is 2.15. The van der Waals surface area contributed by atoms with E-state index in [2.05, 4.69) is 20.8 Å². The van der Waals surface area contributed by atoms with Gasteiger partial charge in [0.2, 0.25) is 0 Å². The van der Waals surface area contributed by atoms with E-state index in [1.165, 1.54) is 0 Å². The van der Waals surface area contributed by atoms with Crippen LogP contribution in [0.5, 0.6) is 0 Å². The van der Waals surface area contributed by atoms with Crippen LogP contribution in [0.2, 0.25) is 0 Å². The first kappa shape index (κ1) is 10.6. The Morgan fingerprint density at radius 2 is 2.07 bits per heavy atom. The number of urea groups is 1. The molecule has 0 aliphatic carbocycles. The summed E-state index contributed by atoms with van der Waals surface area (Å²) in [5.74, 6) is 0. The van der Waals surface area contributed by atoms with E-state index in [1.54, 1.807) is 0 Å². The number of hydrogen-bond acceptors (Lipinski definition) is 2. The third-order valence-electron chi connectivity index (χ3n) is 1.79. The largest absolute Gasteiger partial charge is 0.336 e. The van der Waals surface area contributed by atoms with Gasteiger partial charge in [0.05, 0.1) is 17.1 Å². The summed E-state index contributed by atoms with van der Waals surface area (Å²) < 4.78 is 0. The van der Waals surface area contributed by atoms with Gasteiger partial charge in [-0.05, 0) is 27.7 Å². The second kappa shape index (κ2) is 4.13. The lowest BCUT2D eigenvalue weighted by Crippen LogP contribution is -2.34. The van der Waals surface area contributed by atoms with Crippen molar-refractivity contribution in [2.45, 2.75) is 33.7 Å². The molecule has 0 saturated heterocycles. The summed E-state index contributed by atoms with van der Waals surface area (Å²) in [4.78, 5) is 11.4. The fourth-order valence-corrected chi connectivity index (χ4v) is 1.15. The molecule has 0 atom stereocenters. The number of aromatic nitrogens is 2. The van der Waals surface area contributed by atoms with Gasteiger partial charge in [-0.25, -0.2) is 4.79 Å². The summed E-state index contributed by atoms with van der Waals surface area (Å²) in [6.45, 7) is 7.53. The van der Waals surface area contributed by atoms with Crippen LogP contribution in [0, 0.1) is 13.8 Å². The molecular weight excluding hydrogens is 180 g/mol. The lowest BCUT2D eigenvalue weighted by Gasteiger charge is -2.09. The fraction of sp³-hybridized carbons (Fsp3) is 0.556. The third-order valence-corrected chi connectivity index (χ3v) is 1.79. The Hall–Kier alpha value is -1.52. The molecule has 0 aliphatic rings. The molecule has 0 saturated carbocycles. The summed E-state index contributed by atoms with van der Waals surface area (Å²) in [7, 11) is 0. The second-order valence-electron chi connectivity index (χ2n) is 3.56. The molecule has 1 aromatic heterocycles. The van der Waals surface area contributed by atoms with Gasteiger partial charge in [0.25, 0.3) is 0 Å². The molecule has 78 valence electrons. The maximum Gasteiger partial charge on any atom is 0.319 e. The number of rotatable bonds is 2. The molecule has 0 aliphatic heterocycles. The second-order valence-corrected chi connectivity index (χ2v) is 3.56. The maximum absolute atomic E-state index is 11.4. The molecule has 1 rings (SSSR count). The normalized spacial score (nSPS) is 10.4. The Bertz CT molecular complexity index is 310. The van der Waals surface area contributed by atoms with E-state index in [0.29, 0.717) is 0 Å². The van der Waals surface area contributed by atoms with E-state index in [1.807, 2.05) is 27.7 Å². The number of aryl methyl sites for hydroxylation is 2. The van der Waals surface area contributed by atoms with Crippen LogP contribution < -0.4 is 10.6 Å². The molecule has 5 nitrogen and oxygen atoms in total. The highest BCUT2D eigenvalue weighted by Gasteiger charge is 2.09. The van der Waals surface area contributed by atoms with Crippen molar-refractivity contribution in [3.05, 3.63) is 11.4 Å². The van der Waals surface area contributed by atoms with Crippen LogP contribution in [0.3, 0.4) is 0 Å². The Morgan fingerprint density at radius 1 is 1.43 bits per heavy atom. The Kier molecular flexibility index (Phi) is 3.11. The first-order valence-electron chi connectivity index (χ1n) is 4.59. The van der Waals surface area contributed by atoms with E-state index in [4.69, 9.17) is 0 Å². The van der Waals surface area contributed by atoms with Gasteiger partial charge in [-0.3, -0.25) is 5.10 Å². The van der Waals surface area contributed by atoms with Crippen molar-refractivity contribution in [2.75, 3.05) is 5.32 Å². The summed E-state index contributed by atoms with van der Waals surface area (Å²) in [5, 5.41) is 12.3. The lowest BCUT2D eigenvalue weighted by molar-refractivity contribution is 0.250. The zero-order valence-corrected chi connectivity index (χ0v) is 8.93. The van der Waals surface area contributed by atoms with Crippen molar-refractivity contribution in [1.29, 1.82) is 0 Å². The quantitative estimate of drug-likeness (QED) is 0.671. The summed E-state index contributed by atoms with van der Waals surface area (Å²) in [5.41, 5.74) is 2.41. The van der Waals surface area contributed by atoms with Gasteiger partial charge in [-0.2, -0.15) is 5.10 Å². The van der Waals surface area contributed by atoms with E-state index < -0.39 is 0 Å². The van der Waals surface area contributed by atoms with Crippen LogP contribution in [-0.2, 0) is 0 Å². The molecule has 0 spiro atoms. The molecule has 14 heavy (non-hydrogen) atoms. The predicted molar refractivity (Wildman–Crippen MR) is 55.4 cm³/mol. The zero-order valence-electron chi connectivity index (χ0n) is 8.93. The van der Waals surface area contributed by atoms with E-state index in [-0.39, 0.29) is 12.1 Å². The molecule has 3 N–H and O–H groups in total. The molecular formula is C9H16N4O. The zero-order chi connectivity index (χ0) is 10.7. The minimum Gasteiger partial charge on any atom is -0.336 e. The molecule has 0 fully saturated rings. The average Bonchev–Trinajstić information content (AvgIpc) is 2.34. The smallest absolute Gasteiger partial charge is 0.319 e. The van der Waals surface area contributed by atoms with Crippen molar-refractivity contribution < 1.29 is 4.79 Å². The van der Waals surface area contributed by atoms with E-state index in [0.717, 1.165) is 17.1 Å². The third kappa shape index (κ3) is 2.48. The molecule has 1 heterocycles. The minimum absolute atomic E-state index is 0.127. The summed E-state index contributed by atoms with van der Waals surface area (Å²) in [6.07, 6.45) is 0. The Morgan fingerprint density at radius 3 is 2.50 bits per heavy atom. The van der Waals surface area contributed by atoms with Crippen molar-refractivity contribution in [1.82, 2.24) is 15.5 Å². The van der Waals surface area contributed by atoms with E-state index in [9.17, 15) is 4.79 Å². The molecule has 0 bridgehead atoms. The van der Waals surface area contributed by atoms with Crippen LogP contribution in [-0.4, -0.2) is 22.3 Å². The van der Waals surface area contributed by atoms with Crippen LogP contribution in [0.4, 0.5) is 10.5 Å². The minimum atomic E-state index is -0.201. The van der Waals surface area contributed by atoms with Crippen molar-refractivity contribution >= 4 is 11.7 Å². The van der Waals surface area contributed by atoms with E-state index >= 15 is 0 Å². The lowest BCUT2D eigenvalue weighted by atomic mass is 10.3. The first-order chi connectivity index (χ1) is 6.50. The van der Waals surface area contributed by atoms with Crippen LogP contribution in [0.15, 0.2) is 0 Å². The number of amides is 2. The molecule has 5 heteroatoms. The SMILES string of the molecule is Cc1n[nH]c(C)c1NC(=O)NC(C)C. The average molecular weight is 196 g/mol. The number of aromatic amines is 1. The maximum atomic E-state index is 11.4. The summed E-state index contributed by atoms with van der Waals surface area (Å²) >= 11 is 0. The number of carbonyl (C=O) groups is 1.